The summed E-state index contributed by atoms with van der Waals surface area (Å²) in [4.78, 5) is 18.9. The number of halogens is 3. The molecule has 7 heteroatoms. The van der Waals surface area contributed by atoms with Crippen molar-refractivity contribution < 1.29 is 4.79 Å². The quantitative estimate of drug-likeness (QED) is 0.411. The molecule has 0 saturated carbocycles. The van der Waals surface area contributed by atoms with Crippen LogP contribution in [0.25, 0.3) is 11.3 Å². The summed E-state index contributed by atoms with van der Waals surface area (Å²) in [7, 11) is 0. The van der Waals surface area contributed by atoms with Crippen molar-refractivity contribution in [3.8, 4) is 11.3 Å². The monoisotopic (exact) mass is 482 g/mol. The number of hydrogen-bond donors (Lipinski definition) is 0. The molecule has 27 heavy (non-hydrogen) atoms. The van der Waals surface area contributed by atoms with E-state index in [0.717, 1.165) is 22.2 Å². The maximum Gasteiger partial charge on any atom is 0.281 e. The molecule has 0 spiro atoms. The first-order valence-corrected chi connectivity index (χ1v) is 10.8. The van der Waals surface area contributed by atoms with E-state index in [4.69, 9.17) is 23.2 Å². The standard InChI is InChI=1S/C20H17BrCl2N2OS/c1-3-17-18(12-5-7-13(21)8-6-12)25(4-2)20(27-17)24-19(26)15-10-9-14(22)11-16(15)23/h5-11H,3-4H2,1-2H3. The van der Waals surface area contributed by atoms with Crippen molar-refractivity contribution in [1.29, 1.82) is 0 Å². The highest BCUT2D eigenvalue weighted by molar-refractivity contribution is 9.10. The summed E-state index contributed by atoms with van der Waals surface area (Å²) in [6.07, 6.45) is 0.863. The number of carbonyl (C=O) groups excluding carboxylic acids is 1. The Morgan fingerprint density at radius 2 is 1.85 bits per heavy atom. The molecule has 2 aromatic carbocycles. The fourth-order valence-electron chi connectivity index (χ4n) is 2.81. The minimum absolute atomic E-state index is 0.305. The summed E-state index contributed by atoms with van der Waals surface area (Å²) in [5.74, 6) is -0.370. The zero-order valence-electron chi connectivity index (χ0n) is 14.8. The third-order valence-corrected chi connectivity index (χ3v) is 6.39. The van der Waals surface area contributed by atoms with Gasteiger partial charge in [-0.1, -0.05) is 58.2 Å². The van der Waals surface area contributed by atoms with Gasteiger partial charge >= 0.3 is 0 Å². The van der Waals surface area contributed by atoms with E-state index in [-0.39, 0.29) is 5.91 Å². The second-order valence-corrected chi connectivity index (χ2v) is 8.62. The number of nitrogens with zero attached hydrogens (tertiary/aromatic N) is 2. The molecule has 0 aliphatic carbocycles. The number of amides is 1. The van der Waals surface area contributed by atoms with E-state index >= 15 is 0 Å². The van der Waals surface area contributed by atoms with Gasteiger partial charge in [-0.25, -0.2) is 0 Å². The number of aromatic nitrogens is 1. The molecule has 0 aliphatic heterocycles. The number of thiazole rings is 1. The molecular formula is C20H17BrCl2N2OS. The summed E-state index contributed by atoms with van der Waals surface area (Å²) in [6.45, 7) is 4.87. The van der Waals surface area contributed by atoms with Crippen LogP contribution in [0.4, 0.5) is 0 Å². The Bertz CT molecular complexity index is 1050. The van der Waals surface area contributed by atoms with Crippen molar-refractivity contribution in [3.05, 3.63) is 72.2 Å². The summed E-state index contributed by atoms with van der Waals surface area (Å²) in [5.41, 5.74) is 2.55. The molecule has 3 aromatic rings. The lowest BCUT2D eigenvalue weighted by Crippen LogP contribution is -2.17. The number of aryl methyl sites for hydroxylation is 1. The largest absolute Gasteiger partial charge is 0.316 e. The van der Waals surface area contributed by atoms with E-state index in [1.165, 1.54) is 16.2 Å². The molecule has 1 aromatic heterocycles. The topological polar surface area (TPSA) is 34.4 Å². The van der Waals surface area contributed by atoms with Crippen LogP contribution in [0.2, 0.25) is 10.0 Å². The van der Waals surface area contributed by atoms with Crippen molar-refractivity contribution in [2.75, 3.05) is 0 Å². The second kappa shape index (κ2) is 8.74. The van der Waals surface area contributed by atoms with Gasteiger partial charge in [-0.3, -0.25) is 4.79 Å². The molecule has 0 aliphatic rings. The van der Waals surface area contributed by atoms with Crippen LogP contribution in [-0.2, 0) is 13.0 Å². The SMILES string of the molecule is CCc1sc(=NC(=O)c2ccc(Cl)cc2Cl)n(CC)c1-c1ccc(Br)cc1. The summed E-state index contributed by atoms with van der Waals surface area (Å²) >= 11 is 17.1. The minimum Gasteiger partial charge on any atom is -0.316 e. The minimum atomic E-state index is -0.370. The van der Waals surface area contributed by atoms with E-state index < -0.39 is 0 Å². The molecule has 3 rings (SSSR count). The number of hydrogen-bond acceptors (Lipinski definition) is 2. The average Bonchev–Trinajstić information content (AvgIpc) is 2.99. The Morgan fingerprint density at radius 1 is 1.15 bits per heavy atom. The summed E-state index contributed by atoms with van der Waals surface area (Å²) in [5, 5.41) is 0.793. The van der Waals surface area contributed by atoms with Crippen LogP contribution < -0.4 is 4.80 Å². The lowest BCUT2D eigenvalue weighted by atomic mass is 10.1. The smallest absolute Gasteiger partial charge is 0.281 e. The predicted molar refractivity (Wildman–Crippen MR) is 117 cm³/mol. The van der Waals surface area contributed by atoms with E-state index in [9.17, 15) is 4.79 Å². The molecule has 1 heterocycles. The Balaban J connectivity index is 2.14. The van der Waals surface area contributed by atoms with Gasteiger partial charge in [0.05, 0.1) is 16.3 Å². The molecule has 3 nitrogen and oxygen atoms in total. The van der Waals surface area contributed by atoms with E-state index in [1.54, 1.807) is 18.2 Å². The Hall–Kier alpha value is -1.40. The lowest BCUT2D eigenvalue weighted by Gasteiger charge is -2.08. The molecule has 140 valence electrons. The Kier molecular flexibility index (Phi) is 6.58. The fourth-order valence-corrected chi connectivity index (χ4v) is 4.71. The third-order valence-electron chi connectivity index (χ3n) is 4.09. The van der Waals surface area contributed by atoms with Crippen molar-refractivity contribution in [1.82, 2.24) is 4.57 Å². The summed E-state index contributed by atoms with van der Waals surface area (Å²) < 4.78 is 3.11. The lowest BCUT2D eigenvalue weighted by molar-refractivity contribution is 0.0998. The van der Waals surface area contributed by atoms with Crippen molar-refractivity contribution in [3.63, 3.8) is 0 Å². The predicted octanol–water partition coefficient (Wildman–Crippen LogP) is 6.61. The molecule has 0 bridgehead atoms. The highest BCUT2D eigenvalue weighted by atomic mass is 79.9. The van der Waals surface area contributed by atoms with Gasteiger partial charge in [-0.15, -0.1) is 11.3 Å². The number of carbonyl (C=O) groups is 1. The maximum absolute atomic E-state index is 12.7. The van der Waals surface area contributed by atoms with Gasteiger partial charge in [0.1, 0.15) is 0 Å². The molecule has 1 amide bonds. The number of rotatable bonds is 4. The maximum atomic E-state index is 12.7. The van der Waals surface area contributed by atoms with Crippen LogP contribution >= 0.6 is 50.5 Å². The van der Waals surface area contributed by atoms with E-state index in [2.05, 4.69) is 44.5 Å². The van der Waals surface area contributed by atoms with Crippen molar-refractivity contribution in [2.24, 2.45) is 4.99 Å². The molecule has 0 unspecified atom stereocenters. The molecule has 0 atom stereocenters. The van der Waals surface area contributed by atoms with Crippen LogP contribution in [0.3, 0.4) is 0 Å². The van der Waals surface area contributed by atoms with E-state index in [1.807, 2.05) is 19.1 Å². The molecule has 0 N–H and O–H groups in total. The zero-order chi connectivity index (χ0) is 19.6. The first kappa shape index (κ1) is 20.3. The van der Waals surface area contributed by atoms with Crippen LogP contribution in [0.1, 0.15) is 29.1 Å². The Morgan fingerprint density at radius 3 is 2.44 bits per heavy atom. The highest BCUT2D eigenvalue weighted by Crippen LogP contribution is 2.28. The third kappa shape index (κ3) is 4.37. The van der Waals surface area contributed by atoms with Gasteiger partial charge in [0.25, 0.3) is 5.91 Å². The van der Waals surface area contributed by atoms with Crippen LogP contribution in [0.15, 0.2) is 51.9 Å². The van der Waals surface area contributed by atoms with Crippen molar-refractivity contribution in [2.45, 2.75) is 26.8 Å². The van der Waals surface area contributed by atoms with Gasteiger partial charge < -0.3 is 4.57 Å². The second-order valence-electron chi connectivity index (χ2n) is 5.80. The molecule has 0 radical (unpaired) electrons. The first-order valence-electron chi connectivity index (χ1n) is 8.47. The highest BCUT2D eigenvalue weighted by Gasteiger charge is 2.16. The summed E-state index contributed by atoms with van der Waals surface area (Å²) in [6, 6.07) is 13.0. The van der Waals surface area contributed by atoms with Gasteiger partial charge in [0.15, 0.2) is 4.80 Å². The molecule has 0 fully saturated rings. The van der Waals surface area contributed by atoms with E-state index in [0.29, 0.717) is 27.0 Å². The fraction of sp³-hybridized carbons (Fsp3) is 0.200. The van der Waals surface area contributed by atoms with Crippen molar-refractivity contribution >= 4 is 56.4 Å². The first-order chi connectivity index (χ1) is 12.9. The molecular weight excluding hydrogens is 467 g/mol. The Labute approximate surface area is 180 Å². The van der Waals surface area contributed by atoms with Gasteiger partial charge in [0, 0.05) is 20.9 Å². The average molecular weight is 484 g/mol. The van der Waals surface area contributed by atoms with Crippen LogP contribution in [0, 0.1) is 0 Å². The molecule has 0 saturated heterocycles. The van der Waals surface area contributed by atoms with Gasteiger partial charge in [-0.05, 0) is 49.2 Å². The number of benzene rings is 2. The normalized spacial score (nSPS) is 11.8. The zero-order valence-corrected chi connectivity index (χ0v) is 18.7. The van der Waals surface area contributed by atoms with Gasteiger partial charge in [0.2, 0.25) is 0 Å². The van der Waals surface area contributed by atoms with Crippen LogP contribution in [-0.4, -0.2) is 10.5 Å². The van der Waals surface area contributed by atoms with Gasteiger partial charge in [-0.2, -0.15) is 4.99 Å². The van der Waals surface area contributed by atoms with Crippen LogP contribution in [0.5, 0.6) is 0 Å².